The van der Waals surface area contributed by atoms with Crippen molar-refractivity contribution in [2.45, 2.75) is 12.3 Å². The lowest BCUT2D eigenvalue weighted by Gasteiger charge is -2.15. The summed E-state index contributed by atoms with van der Waals surface area (Å²) >= 11 is 0. The van der Waals surface area contributed by atoms with E-state index in [2.05, 4.69) is 10.6 Å². The van der Waals surface area contributed by atoms with E-state index in [9.17, 15) is 23.9 Å². The quantitative estimate of drug-likeness (QED) is 0.546. The molecule has 0 aliphatic carbocycles. The van der Waals surface area contributed by atoms with Crippen molar-refractivity contribution in [1.82, 2.24) is 0 Å². The van der Waals surface area contributed by atoms with Crippen molar-refractivity contribution in [2.24, 2.45) is 0 Å². The average Bonchev–Trinajstić information content (AvgIpc) is 2.73. The van der Waals surface area contributed by atoms with Crippen LogP contribution >= 0.6 is 0 Å². The van der Waals surface area contributed by atoms with Crippen LogP contribution in [0.25, 0.3) is 0 Å². The highest BCUT2D eigenvalue weighted by Crippen LogP contribution is 2.23. The zero-order valence-electron chi connectivity index (χ0n) is 15.8. The van der Waals surface area contributed by atoms with Crippen molar-refractivity contribution in [1.29, 1.82) is 0 Å². The summed E-state index contributed by atoms with van der Waals surface area (Å²) in [6, 6.07) is 20.3. The molecule has 3 aromatic carbocycles. The minimum atomic E-state index is -1.20. The number of hydrogen-bond donors (Lipinski definition) is 3. The topological polar surface area (TPSA) is 95.5 Å². The van der Waals surface area contributed by atoms with E-state index in [0.717, 1.165) is 12.1 Å². The Kier molecular flexibility index (Phi) is 6.54. The number of carboxylic acid groups (broad SMARTS) is 1. The van der Waals surface area contributed by atoms with E-state index >= 15 is 0 Å². The van der Waals surface area contributed by atoms with Crippen LogP contribution in [0, 0.1) is 5.82 Å². The molecular weight excluding hydrogens is 387 g/mol. The van der Waals surface area contributed by atoms with E-state index in [1.165, 1.54) is 12.1 Å². The number of anilines is 2. The molecule has 0 spiro atoms. The van der Waals surface area contributed by atoms with Crippen LogP contribution in [0.2, 0.25) is 0 Å². The van der Waals surface area contributed by atoms with Crippen LogP contribution < -0.4 is 10.6 Å². The molecule has 0 aliphatic heterocycles. The summed E-state index contributed by atoms with van der Waals surface area (Å²) < 4.78 is 13.1. The smallest absolute Gasteiger partial charge is 0.311 e. The Bertz CT molecular complexity index is 1050. The van der Waals surface area contributed by atoms with Gasteiger partial charge < -0.3 is 15.7 Å². The largest absolute Gasteiger partial charge is 0.481 e. The molecule has 0 saturated carbocycles. The van der Waals surface area contributed by atoms with Crippen molar-refractivity contribution >= 4 is 29.2 Å². The van der Waals surface area contributed by atoms with Crippen molar-refractivity contribution in [3.8, 4) is 0 Å². The molecule has 0 unspecified atom stereocenters. The number of halogens is 1. The Balaban J connectivity index is 1.74. The van der Waals surface area contributed by atoms with E-state index in [-0.39, 0.29) is 17.7 Å². The number of carboxylic acids is 1. The van der Waals surface area contributed by atoms with Gasteiger partial charge in [-0.25, -0.2) is 4.39 Å². The van der Waals surface area contributed by atoms with Crippen molar-refractivity contribution in [2.75, 3.05) is 10.6 Å². The summed E-state index contributed by atoms with van der Waals surface area (Å²) in [6.45, 7) is 0. The molecule has 30 heavy (non-hydrogen) atoms. The lowest BCUT2D eigenvalue weighted by atomic mass is 9.95. The minimum Gasteiger partial charge on any atom is -0.481 e. The Hall–Kier alpha value is -4.00. The summed E-state index contributed by atoms with van der Waals surface area (Å²) in [6.07, 6.45) is -0.365. The maximum Gasteiger partial charge on any atom is 0.311 e. The molecule has 3 rings (SSSR count). The van der Waals surface area contributed by atoms with Gasteiger partial charge in [0.15, 0.2) is 0 Å². The lowest BCUT2D eigenvalue weighted by molar-refractivity contribution is -0.140. The Morgan fingerprint density at radius 3 is 2.13 bits per heavy atom. The van der Waals surface area contributed by atoms with Crippen molar-refractivity contribution < 1.29 is 23.9 Å². The SMILES string of the molecule is O=C(C[C@@H](C(=O)O)c1ccc(F)cc1)Nc1ccccc1C(=O)Nc1ccccc1. The van der Waals surface area contributed by atoms with E-state index < -0.39 is 29.5 Å². The van der Waals surface area contributed by atoms with Crippen LogP contribution in [0.15, 0.2) is 78.9 Å². The van der Waals surface area contributed by atoms with E-state index in [0.29, 0.717) is 11.3 Å². The number of benzene rings is 3. The molecule has 0 bridgehead atoms. The highest BCUT2D eigenvalue weighted by atomic mass is 19.1. The second-order valence-corrected chi connectivity index (χ2v) is 6.56. The summed E-state index contributed by atoms with van der Waals surface area (Å²) in [5.41, 5.74) is 1.42. The second-order valence-electron chi connectivity index (χ2n) is 6.56. The second kappa shape index (κ2) is 9.47. The fourth-order valence-electron chi connectivity index (χ4n) is 2.94. The van der Waals surface area contributed by atoms with Gasteiger partial charge in [-0.1, -0.05) is 42.5 Å². The lowest BCUT2D eigenvalue weighted by Crippen LogP contribution is -2.22. The Morgan fingerprint density at radius 2 is 1.47 bits per heavy atom. The monoisotopic (exact) mass is 406 g/mol. The van der Waals surface area contributed by atoms with E-state index in [4.69, 9.17) is 0 Å². The maximum absolute atomic E-state index is 13.1. The molecular formula is C23H19FN2O4. The molecule has 1 atom stereocenters. The van der Waals surface area contributed by atoms with Gasteiger partial charge in [-0.05, 0) is 42.0 Å². The van der Waals surface area contributed by atoms with Gasteiger partial charge in [-0.2, -0.15) is 0 Å². The molecule has 0 aromatic heterocycles. The molecule has 7 heteroatoms. The highest BCUT2D eigenvalue weighted by Gasteiger charge is 2.24. The van der Waals surface area contributed by atoms with Crippen LogP contribution in [0.4, 0.5) is 15.8 Å². The predicted octanol–water partition coefficient (Wildman–Crippen LogP) is 4.28. The maximum atomic E-state index is 13.1. The van der Waals surface area contributed by atoms with Crippen molar-refractivity contribution in [3.63, 3.8) is 0 Å². The third kappa shape index (κ3) is 5.29. The normalized spacial score (nSPS) is 11.4. The first kappa shape index (κ1) is 20.7. The van der Waals surface area contributed by atoms with E-state index in [1.54, 1.807) is 48.5 Å². The summed E-state index contributed by atoms with van der Waals surface area (Å²) in [5.74, 6) is -3.83. The Morgan fingerprint density at radius 1 is 0.833 bits per heavy atom. The van der Waals surface area contributed by atoms with Gasteiger partial charge in [0.25, 0.3) is 5.91 Å². The summed E-state index contributed by atoms with van der Waals surface area (Å²) in [5, 5.41) is 14.8. The number of para-hydroxylation sites is 2. The first-order valence-electron chi connectivity index (χ1n) is 9.17. The summed E-state index contributed by atoms with van der Waals surface area (Å²) in [7, 11) is 0. The predicted molar refractivity (Wildman–Crippen MR) is 111 cm³/mol. The number of carbonyl (C=O) groups is 3. The van der Waals surface area contributed by atoms with Crippen LogP contribution in [0.3, 0.4) is 0 Å². The van der Waals surface area contributed by atoms with Crippen molar-refractivity contribution in [3.05, 3.63) is 95.8 Å². The third-order valence-corrected chi connectivity index (χ3v) is 4.44. The molecule has 3 aromatic rings. The standard InChI is InChI=1S/C23H19FN2O4/c24-16-12-10-15(11-13-16)19(23(29)30)14-21(27)26-20-9-5-4-8-18(20)22(28)25-17-6-2-1-3-7-17/h1-13,19H,14H2,(H,25,28)(H,26,27)(H,29,30)/t19-/m1/s1. The number of nitrogens with one attached hydrogen (secondary N) is 2. The molecule has 0 saturated heterocycles. The molecule has 0 aliphatic rings. The number of amides is 2. The van der Waals surface area contributed by atoms with Gasteiger partial charge in [-0.3, -0.25) is 14.4 Å². The summed E-state index contributed by atoms with van der Waals surface area (Å²) in [4.78, 5) is 36.7. The number of hydrogen-bond acceptors (Lipinski definition) is 3. The van der Waals surface area contributed by atoms with Gasteiger partial charge >= 0.3 is 5.97 Å². The highest BCUT2D eigenvalue weighted by molar-refractivity contribution is 6.10. The van der Waals surface area contributed by atoms with Gasteiger partial charge in [-0.15, -0.1) is 0 Å². The van der Waals surface area contributed by atoms with E-state index in [1.807, 2.05) is 6.07 Å². The molecule has 2 amide bonds. The molecule has 3 N–H and O–H groups in total. The molecule has 6 nitrogen and oxygen atoms in total. The van der Waals surface area contributed by atoms with Gasteiger partial charge in [0.2, 0.25) is 5.91 Å². The van der Waals surface area contributed by atoms with Gasteiger partial charge in [0.05, 0.1) is 17.2 Å². The number of carbonyl (C=O) groups excluding carboxylic acids is 2. The fraction of sp³-hybridized carbons (Fsp3) is 0.0870. The third-order valence-electron chi connectivity index (χ3n) is 4.44. The zero-order valence-corrected chi connectivity index (χ0v) is 15.8. The minimum absolute atomic E-state index is 0.239. The van der Waals surface area contributed by atoms with Crippen LogP contribution in [0.5, 0.6) is 0 Å². The average molecular weight is 406 g/mol. The zero-order chi connectivity index (χ0) is 21.5. The molecule has 0 fully saturated rings. The number of rotatable bonds is 7. The molecule has 0 heterocycles. The van der Waals surface area contributed by atoms with Crippen LogP contribution in [0.1, 0.15) is 28.3 Å². The number of aliphatic carboxylic acids is 1. The fourth-order valence-corrected chi connectivity index (χ4v) is 2.94. The first-order chi connectivity index (χ1) is 14.4. The van der Waals surface area contributed by atoms with Gasteiger partial charge in [0.1, 0.15) is 5.82 Å². The Labute approximate surface area is 172 Å². The first-order valence-corrected chi connectivity index (χ1v) is 9.17. The molecule has 152 valence electrons. The van der Waals surface area contributed by atoms with Crippen LogP contribution in [-0.4, -0.2) is 22.9 Å². The molecule has 0 radical (unpaired) electrons. The van der Waals surface area contributed by atoms with Gasteiger partial charge in [0, 0.05) is 12.1 Å². The van der Waals surface area contributed by atoms with Crippen LogP contribution in [-0.2, 0) is 9.59 Å².